The Morgan fingerprint density at radius 3 is 3.07 bits per heavy atom. The van der Waals surface area contributed by atoms with Gasteiger partial charge in [0.05, 0.1) is 5.92 Å². The lowest BCUT2D eigenvalue weighted by Gasteiger charge is -2.13. The van der Waals surface area contributed by atoms with E-state index in [1.165, 1.54) is 0 Å². The van der Waals surface area contributed by atoms with Gasteiger partial charge >= 0.3 is 0 Å². The minimum absolute atomic E-state index is 0.161. The van der Waals surface area contributed by atoms with E-state index in [1.54, 1.807) is 11.8 Å². The first-order chi connectivity index (χ1) is 7.25. The van der Waals surface area contributed by atoms with Crippen molar-refractivity contribution in [2.24, 2.45) is 11.8 Å². The second kappa shape index (κ2) is 6.90. The molecule has 86 valence electrons. The van der Waals surface area contributed by atoms with Crippen molar-refractivity contribution in [2.75, 3.05) is 31.1 Å². The number of carbonyl (C=O) groups is 1. The lowest BCUT2D eigenvalue weighted by Crippen LogP contribution is -2.35. The molecule has 0 spiro atoms. The summed E-state index contributed by atoms with van der Waals surface area (Å²) in [4.78, 5) is 11.7. The highest BCUT2D eigenvalue weighted by Crippen LogP contribution is 2.15. The van der Waals surface area contributed by atoms with Crippen LogP contribution in [0.15, 0.2) is 12.7 Å². The first kappa shape index (κ1) is 12.6. The molecule has 0 bridgehead atoms. The highest BCUT2D eigenvalue weighted by molar-refractivity contribution is 7.99. The highest BCUT2D eigenvalue weighted by atomic mass is 32.2. The van der Waals surface area contributed by atoms with E-state index in [0.29, 0.717) is 5.92 Å². The molecule has 0 aliphatic carbocycles. The first-order valence-electron chi connectivity index (χ1n) is 5.42. The molecule has 1 amide bonds. The molecule has 0 aromatic carbocycles. The fraction of sp³-hybridized carbons (Fsp3) is 0.727. The molecule has 2 N–H and O–H groups in total. The summed E-state index contributed by atoms with van der Waals surface area (Å²) in [6.07, 6.45) is 1.88. The summed E-state index contributed by atoms with van der Waals surface area (Å²) in [6.45, 7) is 8.32. The zero-order valence-corrected chi connectivity index (χ0v) is 10.1. The Bertz CT molecular complexity index is 221. The van der Waals surface area contributed by atoms with Crippen LogP contribution in [0.1, 0.15) is 6.92 Å². The monoisotopic (exact) mass is 228 g/mol. The second-order valence-electron chi connectivity index (χ2n) is 3.90. The molecule has 4 heteroatoms. The first-order valence-corrected chi connectivity index (χ1v) is 6.58. The predicted molar refractivity (Wildman–Crippen MR) is 66.1 cm³/mol. The van der Waals surface area contributed by atoms with E-state index in [0.717, 1.165) is 31.1 Å². The summed E-state index contributed by atoms with van der Waals surface area (Å²) in [5.41, 5.74) is 0. The molecule has 0 aromatic heterocycles. The fourth-order valence-corrected chi connectivity index (χ4v) is 2.28. The Hall–Kier alpha value is -0.480. The summed E-state index contributed by atoms with van der Waals surface area (Å²) >= 11 is 1.79. The van der Waals surface area contributed by atoms with Crippen LogP contribution in [-0.4, -0.2) is 37.0 Å². The van der Waals surface area contributed by atoms with Crippen LogP contribution in [0.25, 0.3) is 0 Å². The Kier molecular flexibility index (Phi) is 5.79. The van der Waals surface area contributed by atoms with E-state index in [9.17, 15) is 4.79 Å². The summed E-state index contributed by atoms with van der Waals surface area (Å²) < 4.78 is 0. The van der Waals surface area contributed by atoms with Crippen molar-refractivity contribution in [1.82, 2.24) is 10.6 Å². The minimum Gasteiger partial charge on any atom is -0.355 e. The number of carbonyl (C=O) groups excluding carboxylic acids is 1. The summed E-state index contributed by atoms with van der Waals surface area (Å²) in [7, 11) is 0. The zero-order valence-electron chi connectivity index (χ0n) is 9.29. The Morgan fingerprint density at radius 1 is 1.67 bits per heavy atom. The van der Waals surface area contributed by atoms with Gasteiger partial charge in [-0.3, -0.25) is 4.79 Å². The summed E-state index contributed by atoms with van der Waals surface area (Å²) in [6, 6.07) is 0. The molecule has 1 fully saturated rings. The average molecular weight is 228 g/mol. The topological polar surface area (TPSA) is 41.1 Å². The molecule has 15 heavy (non-hydrogen) atoms. The van der Waals surface area contributed by atoms with Gasteiger partial charge in [0.1, 0.15) is 0 Å². The van der Waals surface area contributed by atoms with Gasteiger partial charge < -0.3 is 10.6 Å². The number of rotatable bonds is 6. The number of thioether (sulfide) groups is 1. The van der Waals surface area contributed by atoms with Gasteiger partial charge in [-0.05, 0) is 12.5 Å². The van der Waals surface area contributed by atoms with Crippen LogP contribution in [-0.2, 0) is 4.79 Å². The normalized spacial score (nSPS) is 25.1. The number of hydrogen-bond donors (Lipinski definition) is 2. The zero-order chi connectivity index (χ0) is 11.1. The van der Waals surface area contributed by atoms with Crippen molar-refractivity contribution in [1.29, 1.82) is 0 Å². The van der Waals surface area contributed by atoms with Gasteiger partial charge in [0.2, 0.25) is 5.91 Å². The molecule has 1 rings (SSSR count). The molecular weight excluding hydrogens is 208 g/mol. The van der Waals surface area contributed by atoms with Crippen LogP contribution in [0, 0.1) is 11.8 Å². The van der Waals surface area contributed by atoms with Gasteiger partial charge in [-0.25, -0.2) is 0 Å². The quantitative estimate of drug-likeness (QED) is 0.524. The van der Waals surface area contributed by atoms with E-state index >= 15 is 0 Å². The standard InChI is InChI=1S/C11H20N2OS/c1-3-5-15-6-4-13-11(14)10-8-12-7-9(10)2/h3,9-10,12H,1,4-8H2,2H3,(H,13,14)/t9-,10-/m1/s1. The third kappa shape index (κ3) is 4.26. The van der Waals surface area contributed by atoms with Gasteiger partial charge in [-0.1, -0.05) is 13.0 Å². The highest BCUT2D eigenvalue weighted by Gasteiger charge is 2.28. The molecule has 0 radical (unpaired) electrons. The van der Waals surface area contributed by atoms with Crippen molar-refractivity contribution >= 4 is 17.7 Å². The second-order valence-corrected chi connectivity index (χ2v) is 5.05. The molecule has 3 nitrogen and oxygen atoms in total. The fourth-order valence-electron chi connectivity index (χ4n) is 1.71. The van der Waals surface area contributed by atoms with Gasteiger partial charge in [0, 0.05) is 24.6 Å². The van der Waals surface area contributed by atoms with Crippen LogP contribution >= 0.6 is 11.8 Å². The number of hydrogen-bond acceptors (Lipinski definition) is 3. The van der Waals surface area contributed by atoms with Crippen LogP contribution in [0.2, 0.25) is 0 Å². The van der Waals surface area contributed by atoms with Crippen molar-refractivity contribution in [2.45, 2.75) is 6.92 Å². The molecule has 1 aliphatic heterocycles. The van der Waals surface area contributed by atoms with Crippen molar-refractivity contribution in [3.63, 3.8) is 0 Å². The van der Waals surface area contributed by atoms with E-state index in [2.05, 4.69) is 24.1 Å². The molecule has 2 atom stereocenters. The van der Waals surface area contributed by atoms with Crippen LogP contribution < -0.4 is 10.6 Å². The largest absolute Gasteiger partial charge is 0.355 e. The molecular formula is C11H20N2OS. The van der Waals surface area contributed by atoms with Crippen LogP contribution in [0.3, 0.4) is 0 Å². The third-order valence-electron chi connectivity index (χ3n) is 2.64. The van der Waals surface area contributed by atoms with Crippen LogP contribution in [0.4, 0.5) is 0 Å². The predicted octanol–water partition coefficient (Wildman–Crippen LogP) is 0.877. The number of nitrogens with one attached hydrogen (secondary N) is 2. The molecule has 0 unspecified atom stereocenters. The SMILES string of the molecule is C=CCSCCNC(=O)[C@@H]1CNC[C@H]1C. The molecule has 1 heterocycles. The molecule has 1 aliphatic rings. The Labute approximate surface area is 96.1 Å². The summed E-state index contributed by atoms with van der Waals surface area (Å²) in [5.74, 6) is 2.75. The van der Waals surface area contributed by atoms with E-state index in [4.69, 9.17) is 0 Å². The van der Waals surface area contributed by atoms with E-state index in [1.807, 2.05) is 6.08 Å². The molecule has 0 saturated carbocycles. The van der Waals surface area contributed by atoms with Gasteiger partial charge in [-0.2, -0.15) is 11.8 Å². The molecule has 1 saturated heterocycles. The Balaban J connectivity index is 2.10. The van der Waals surface area contributed by atoms with E-state index in [-0.39, 0.29) is 11.8 Å². The van der Waals surface area contributed by atoms with Crippen molar-refractivity contribution in [3.05, 3.63) is 12.7 Å². The maximum absolute atomic E-state index is 11.7. The van der Waals surface area contributed by atoms with Gasteiger partial charge in [-0.15, -0.1) is 6.58 Å². The maximum Gasteiger partial charge on any atom is 0.224 e. The van der Waals surface area contributed by atoms with Gasteiger partial charge in [0.25, 0.3) is 0 Å². The summed E-state index contributed by atoms with van der Waals surface area (Å²) in [5, 5.41) is 6.21. The minimum atomic E-state index is 0.161. The lowest BCUT2D eigenvalue weighted by atomic mass is 9.97. The van der Waals surface area contributed by atoms with E-state index < -0.39 is 0 Å². The van der Waals surface area contributed by atoms with Crippen molar-refractivity contribution < 1.29 is 4.79 Å². The number of amides is 1. The smallest absolute Gasteiger partial charge is 0.224 e. The van der Waals surface area contributed by atoms with Gasteiger partial charge in [0.15, 0.2) is 0 Å². The third-order valence-corrected chi connectivity index (χ3v) is 3.60. The lowest BCUT2D eigenvalue weighted by molar-refractivity contribution is -0.125. The van der Waals surface area contributed by atoms with Crippen molar-refractivity contribution in [3.8, 4) is 0 Å². The molecule has 0 aromatic rings. The average Bonchev–Trinajstić information content (AvgIpc) is 2.64. The maximum atomic E-state index is 11.7. The van der Waals surface area contributed by atoms with Crippen LogP contribution in [0.5, 0.6) is 0 Å². The Morgan fingerprint density at radius 2 is 2.47 bits per heavy atom.